The van der Waals surface area contributed by atoms with Crippen molar-refractivity contribution in [2.45, 2.75) is 55.5 Å². The maximum atomic E-state index is 14.7. The SMILES string of the molecule is CN1C(=O)[C@@]23CC4([C@]56C[C@@]78SS[C@](CO)(C(=O)N7[C@H]5Nc5ccccc56)N(C)C8=O)c5ccccc5N[C@@H]4N2C(=O)[C@@]1(CO)SS3. The highest BCUT2D eigenvalue weighted by Crippen LogP contribution is 2.78. The van der Waals surface area contributed by atoms with Crippen molar-refractivity contribution in [2.75, 3.05) is 37.9 Å². The summed E-state index contributed by atoms with van der Waals surface area (Å²) in [4.78, 5) is 59.0. The van der Waals surface area contributed by atoms with E-state index in [0.717, 1.165) is 22.5 Å². The minimum atomic E-state index is -1.47. The standard InChI is InChI=1S/C30H28N6O6S4/c1-33-21(39)27-11-25(15-7-3-5-9-17(15)31-19(25)35(27)23(41)29(33,13-37)45-43-27)26-12-28-22(40)34(2)30(14-38,46-44-28)24(42)36(28)20(26)32-18-10-6-4-8-16(18)26/h3-10,19-20,31-32,37-38H,11-14H2,1-2H3/t19-,20-,25+,26?,27+,28+,29-,30-/m1/s1. The van der Waals surface area contributed by atoms with Crippen LogP contribution in [0.1, 0.15) is 24.0 Å². The number of rotatable bonds is 3. The number of aliphatic hydroxyl groups is 2. The fourth-order valence-electron chi connectivity index (χ4n) is 9.92. The summed E-state index contributed by atoms with van der Waals surface area (Å²) in [6.07, 6.45) is -1.01. The Labute approximate surface area is 279 Å². The summed E-state index contributed by atoms with van der Waals surface area (Å²) in [6, 6.07) is 15.8. The summed E-state index contributed by atoms with van der Waals surface area (Å²) in [7, 11) is 8.28. The maximum absolute atomic E-state index is 14.7. The summed E-state index contributed by atoms with van der Waals surface area (Å²) in [5, 5.41) is 28.6. The van der Waals surface area contributed by atoms with Crippen molar-refractivity contribution >= 4 is 78.2 Å². The third-order valence-corrected chi connectivity index (χ3v) is 19.3. The molecule has 4 bridgehead atoms. The molecule has 46 heavy (non-hydrogen) atoms. The van der Waals surface area contributed by atoms with E-state index in [9.17, 15) is 29.4 Å². The van der Waals surface area contributed by atoms with Crippen molar-refractivity contribution in [2.24, 2.45) is 0 Å². The van der Waals surface area contributed by atoms with E-state index in [1.165, 1.54) is 53.0 Å². The van der Waals surface area contributed by atoms with Gasteiger partial charge in [-0.1, -0.05) is 58.0 Å². The topological polar surface area (TPSA) is 146 Å². The van der Waals surface area contributed by atoms with E-state index < -0.39 is 55.9 Å². The zero-order valence-corrected chi connectivity index (χ0v) is 27.8. The van der Waals surface area contributed by atoms with Gasteiger partial charge in [0.2, 0.25) is 9.74 Å². The van der Waals surface area contributed by atoms with Crippen molar-refractivity contribution < 1.29 is 29.4 Å². The van der Waals surface area contributed by atoms with E-state index in [-0.39, 0.29) is 36.5 Å². The Bertz CT molecular complexity index is 1740. The van der Waals surface area contributed by atoms with E-state index in [2.05, 4.69) is 10.6 Å². The second kappa shape index (κ2) is 8.26. The number of para-hydroxylation sites is 2. The number of benzene rings is 2. The number of hydrogen-bond donors (Lipinski definition) is 4. The monoisotopic (exact) mass is 696 g/mol. The smallest absolute Gasteiger partial charge is 0.265 e. The van der Waals surface area contributed by atoms with Crippen LogP contribution in [0.2, 0.25) is 0 Å². The Hall–Kier alpha value is -2.76. The highest BCUT2D eigenvalue weighted by molar-refractivity contribution is 8.78. The number of likely N-dealkylation sites (N-methyl/N-ethyl adjacent to an activating group) is 2. The highest BCUT2D eigenvalue weighted by atomic mass is 33.1. The molecule has 10 heterocycles. The fraction of sp³-hybridized carbons (Fsp3) is 0.467. The lowest BCUT2D eigenvalue weighted by molar-refractivity contribution is -0.166. The number of aliphatic hydroxyl groups excluding tert-OH is 2. The van der Waals surface area contributed by atoms with Gasteiger partial charge in [-0.25, -0.2) is 0 Å². The molecule has 12 rings (SSSR count). The molecule has 0 aliphatic carbocycles. The quantitative estimate of drug-likeness (QED) is 0.344. The van der Waals surface area contributed by atoms with Crippen LogP contribution in [-0.4, -0.2) is 113 Å². The number of carbonyl (C=O) groups is 4. The Morgan fingerprint density at radius 3 is 1.43 bits per heavy atom. The Kier molecular flexibility index (Phi) is 5.08. The molecule has 2 aromatic carbocycles. The van der Waals surface area contributed by atoms with E-state index in [4.69, 9.17) is 0 Å². The van der Waals surface area contributed by atoms with Crippen molar-refractivity contribution in [3.63, 3.8) is 0 Å². The van der Waals surface area contributed by atoms with Gasteiger partial charge >= 0.3 is 0 Å². The molecule has 10 aliphatic rings. The number of fused-ring (bicyclic) bond motifs is 11. The summed E-state index contributed by atoms with van der Waals surface area (Å²) in [5.41, 5.74) is 1.45. The van der Waals surface area contributed by atoms with Gasteiger partial charge in [0.15, 0.2) is 9.74 Å². The summed E-state index contributed by atoms with van der Waals surface area (Å²) >= 11 is 0. The van der Waals surface area contributed by atoms with Crippen LogP contribution in [0.3, 0.4) is 0 Å². The molecule has 8 saturated heterocycles. The Balaban J connectivity index is 1.29. The van der Waals surface area contributed by atoms with Gasteiger partial charge in [0.1, 0.15) is 12.3 Å². The van der Waals surface area contributed by atoms with Crippen LogP contribution < -0.4 is 10.6 Å². The minimum Gasteiger partial charge on any atom is -0.392 e. The molecule has 1 unspecified atom stereocenters. The fourth-order valence-corrected chi connectivity index (χ4v) is 17.2. The molecular formula is C30H28N6O6S4. The number of piperazine rings is 2. The largest absolute Gasteiger partial charge is 0.392 e. The number of hydrogen-bond acceptors (Lipinski definition) is 12. The lowest BCUT2D eigenvalue weighted by Gasteiger charge is -2.57. The summed E-state index contributed by atoms with van der Waals surface area (Å²) in [5.74, 6) is -1.19. The lowest BCUT2D eigenvalue weighted by Crippen LogP contribution is -2.77. The molecule has 0 aromatic heterocycles. The molecule has 0 radical (unpaired) electrons. The molecule has 10 aliphatic heterocycles. The number of anilines is 2. The van der Waals surface area contributed by atoms with E-state index in [1.807, 2.05) is 48.5 Å². The molecule has 4 amide bonds. The van der Waals surface area contributed by atoms with Gasteiger partial charge in [0.05, 0.1) is 24.0 Å². The van der Waals surface area contributed by atoms with Gasteiger partial charge in [0.25, 0.3) is 23.6 Å². The van der Waals surface area contributed by atoms with Crippen LogP contribution in [0.15, 0.2) is 48.5 Å². The molecule has 2 spiro atoms. The molecule has 0 saturated carbocycles. The zero-order chi connectivity index (χ0) is 31.8. The van der Waals surface area contributed by atoms with Crippen molar-refractivity contribution in [3.05, 3.63) is 59.7 Å². The number of carbonyl (C=O) groups excluding carboxylic acids is 4. The van der Waals surface area contributed by atoms with Crippen molar-refractivity contribution in [1.29, 1.82) is 0 Å². The summed E-state index contributed by atoms with van der Waals surface area (Å²) in [6.45, 7) is -1.07. The van der Waals surface area contributed by atoms with Crippen molar-refractivity contribution in [1.82, 2.24) is 19.6 Å². The van der Waals surface area contributed by atoms with Gasteiger partial charge in [-0.3, -0.25) is 29.0 Å². The number of nitrogens with one attached hydrogen (secondary N) is 2. The first-order chi connectivity index (χ1) is 22.1. The first kappa shape index (κ1) is 28.3. The average Bonchev–Trinajstić information content (AvgIpc) is 3.75. The summed E-state index contributed by atoms with van der Waals surface area (Å²) < 4.78 is 0. The first-order valence-corrected chi connectivity index (χ1v) is 19.3. The normalized spacial score (nSPS) is 43.7. The van der Waals surface area contributed by atoms with E-state index in [1.54, 1.807) is 23.9 Å². The molecule has 16 heteroatoms. The molecule has 238 valence electrons. The van der Waals surface area contributed by atoms with Crippen LogP contribution in [0.4, 0.5) is 11.4 Å². The van der Waals surface area contributed by atoms with Gasteiger partial charge in [-0.2, -0.15) is 0 Å². The van der Waals surface area contributed by atoms with Gasteiger partial charge in [-0.15, -0.1) is 0 Å². The zero-order valence-electron chi connectivity index (χ0n) is 24.6. The molecule has 4 N–H and O–H groups in total. The van der Waals surface area contributed by atoms with Crippen LogP contribution in [0.5, 0.6) is 0 Å². The predicted molar refractivity (Wildman–Crippen MR) is 175 cm³/mol. The minimum absolute atomic E-state index is 0.223. The van der Waals surface area contributed by atoms with Gasteiger partial charge in [-0.05, 0) is 44.8 Å². The third kappa shape index (κ3) is 2.48. The highest BCUT2D eigenvalue weighted by Gasteiger charge is 2.87. The maximum Gasteiger partial charge on any atom is 0.265 e. The Morgan fingerprint density at radius 2 is 1.04 bits per heavy atom. The van der Waals surface area contributed by atoms with Crippen LogP contribution in [0, 0.1) is 0 Å². The average molecular weight is 697 g/mol. The predicted octanol–water partition coefficient (Wildman–Crippen LogP) is 1.33. The molecular weight excluding hydrogens is 669 g/mol. The second-order valence-electron chi connectivity index (χ2n) is 13.3. The second-order valence-corrected chi connectivity index (χ2v) is 18.7. The number of amides is 4. The lowest BCUT2D eigenvalue weighted by atomic mass is 9.54. The van der Waals surface area contributed by atoms with Gasteiger partial charge < -0.3 is 30.6 Å². The third-order valence-electron chi connectivity index (χ3n) is 12.0. The molecule has 8 fully saturated rings. The van der Waals surface area contributed by atoms with E-state index in [0.29, 0.717) is 0 Å². The van der Waals surface area contributed by atoms with Crippen LogP contribution in [-0.2, 0) is 30.0 Å². The first-order valence-electron chi connectivity index (χ1n) is 15.0. The Morgan fingerprint density at radius 1 is 0.652 bits per heavy atom. The van der Waals surface area contributed by atoms with Crippen LogP contribution in [0.25, 0.3) is 0 Å². The molecule has 8 atom stereocenters. The van der Waals surface area contributed by atoms with Crippen molar-refractivity contribution in [3.8, 4) is 0 Å². The molecule has 12 nitrogen and oxygen atoms in total. The molecule has 2 aromatic rings. The van der Waals surface area contributed by atoms with Gasteiger partial charge in [0, 0.05) is 38.3 Å². The van der Waals surface area contributed by atoms with E-state index >= 15 is 0 Å². The van der Waals surface area contributed by atoms with Crippen LogP contribution >= 0.6 is 43.2 Å². The number of nitrogens with zero attached hydrogens (tertiary/aromatic N) is 4.